The van der Waals surface area contributed by atoms with Gasteiger partial charge in [-0.15, -0.1) is 0 Å². The van der Waals surface area contributed by atoms with Crippen LogP contribution in [0, 0.1) is 12.7 Å². The Kier molecular flexibility index (Phi) is 2.57. The molecule has 3 heteroatoms. The lowest BCUT2D eigenvalue weighted by Crippen LogP contribution is -2.00. The average molecular weight is 155 g/mol. The molecule has 2 nitrogen and oxygen atoms in total. The van der Waals surface area contributed by atoms with Crippen molar-refractivity contribution in [3.05, 3.63) is 35.1 Å². The van der Waals surface area contributed by atoms with Crippen LogP contribution in [0.15, 0.2) is 18.2 Å². The van der Waals surface area contributed by atoms with Gasteiger partial charge in [0, 0.05) is 0 Å². The monoisotopic (exact) mass is 155 g/mol. The number of benzene rings is 1. The largest absolute Gasteiger partial charge is 0.300 e. The van der Waals surface area contributed by atoms with Gasteiger partial charge in [-0.2, -0.15) is 0 Å². The highest BCUT2D eigenvalue weighted by atomic mass is 19.1. The smallest absolute Gasteiger partial charge is 0.123 e. The van der Waals surface area contributed by atoms with Crippen LogP contribution in [0.3, 0.4) is 0 Å². The van der Waals surface area contributed by atoms with Crippen LogP contribution in [0.2, 0.25) is 0 Å². The average Bonchev–Trinajstić information content (AvgIpc) is 1.95. The summed E-state index contributed by atoms with van der Waals surface area (Å²) in [6, 6.07) is 4.51. The van der Waals surface area contributed by atoms with E-state index in [1.54, 1.807) is 6.07 Å². The maximum atomic E-state index is 12.5. The zero-order chi connectivity index (χ0) is 8.27. The van der Waals surface area contributed by atoms with Crippen LogP contribution in [0.1, 0.15) is 11.1 Å². The van der Waals surface area contributed by atoms with Crippen molar-refractivity contribution in [2.45, 2.75) is 13.5 Å². The predicted molar refractivity (Wildman–Crippen MR) is 40.1 cm³/mol. The van der Waals surface area contributed by atoms with Crippen LogP contribution in [-0.4, -0.2) is 0 Å². The predicted octanol–water partition coefficient (Wildman–Crippen LogP) is 1.52. The summed E-state index contributed by atoms with van der Waals surface area (Å²) in [6.45, 7) is 2.14. The summed E-state index contributed by atoms with van der Waals surface area (Å²) >= 11 is 0. The molecule has 0 fully saturated rings. The summed E-state index contributed by atoms with van der Waals surface area (Å²) in [4.78, 5) is 4.43. The molecule has 2 N–H and O–H groups in total. The van der Waals surface area contributed by atoms with Crippen molar-refractivity contribution in [2.75, 3.05) is 0 Å². The highest BCUT2D eigenvalue weighted by Crippen LogP contribution is 2.09. The van der Waals surface area contributed by atoms with E-state index >= 15 is 0 Å². The van der Waals surface area contributed by atoms with Gasteiger partial charge in [0.25, 0.3) is 0 Å². The van der Waals surface area contributed by atoms with E-state index in [0.717, 1.165) is 11.1 Å². The van der Waals surface area contributed by atoms with Crippen LogP contribution in [0.5, 0.6) is 0 Å². The standard InChI is InChI=1S/C8H10FNO/c1-6-4-8(9)3-2-7(6)5-11-10/h2-4H,5,10H2,1H3. The van der Waals surface area contributed by atoms with Crippen molar-refractivity contribution < 1.29 is 9.23 Å². The van der Waals surface area contributed by atoms with Gasteiger partial charge in [-0.05, 0) is 30.2 Å². The van der Waals surface area contributed by atoms with E-state index in [4.69, 9.17) is 5.90 Å². The number of hydrogen-bond donors (Lipinski definition) is 1. The van der Waals surface area contributed by atoms with Crippen molar-refractivity contribution in [1.82, 2.24) is 0 Å². The van der Waals surface area contributed by atoms with Crippen LogP contribution >= 0.6 is 0 Å². The molecule has 0 heterocycles. The number of nitrogens with two attached hydrogens (primary N) is 1. The van der Waals surface area contributed by atoms with Gasteiger partial charge in [-0.3, -0.25) is 4.84 Å². The van der Waals surface area contributed by atoms with E-state index in [-0.39, 0.29) is 5.82 Å². The van der Waals surface area contributed by atoms with Gasteiger partial charge in [0.2, 0.25) is 0 Å². The molecule has 11 heavy (non-hydrogen) atoms. The van der Waals surface area contributed by atoms with Crippen LogP contribution in [-0.2, 0) is 11.4 Å². The molecule has 0 bridgehead atoms. The molecular formula is C8H10FNO. The minimum atomic E-state index is -0.233. The fraction of sp³-hybridized carbons (Fsp3) is 0.250. The van der Waals surface area contributed by atoms with E-state index in [1.165, 1.54) is 12.1 Å². The zero-order valence-corrected chi connectivity index (χ0v) is 6.30. The Morgan fingerprint density at radius 1 is 1.55 bits per heavy atom. The number of aryl methyl sites for hydroxylation is 1. The van der Waals surface area contributed by atoms with Gasteiger partial charge in [0.1, 0.15) is 5.82 Å². The summed E-state index contributed by atoms with van der Waals surface area (Å²) < 4.78 is 12.5. The maximum Gasteiger partial charge on any atom is 0.123 e. The van der Waals surface area contributed by atoms with Gasteiger partial charge >= 0.3 is 0 Å². The maximum absolute atomic E-state index is 12.5. The summed E-state index contributed by atoms with van der Waals surface area (Å²) in [7, 11) is 0. The van der Waals surface area contributed by atoms with Crippen molar-refractivity contribution in [3.63, 3.8) is 0 Å². The third-order valence-electron chi connectivity index (χ3n) is 1.54. The van der Waals surface area contributed by atoms with Gasteiger partial charge in [0.15, 0.2) is 0 Å². The SMILES string of the molecule is Cc1cc(F)ccc1CON. The molecule has 0 aliphatic rings. The molecule has 1 aromatic rings. The Hall–Kier alpha value is -0.930. The first-order valence-corrected chi connectivity index (χ1v) is 3.30. The first-order chi connectivity index (χ1) is 5.24. The first-order valence-electron chi connectivity index (χ1n) is 3.30. The van der Waals surface area contributed by atoms with Gasteiger partial charge in [-0.1, -0.05) is 6.07 Å². The molecular weight excluding hydrogens is 145 g/mol. The fourth-order valence-electron chi connectivity index (χ4n) is 0.911. The molecule has 0 saturated heterocycles. The second-order valence-electron chi connectivity index (χ2n) is 2.38. The van der Waals surface area contributed by atoms with Crippen molar-refractivity contribution >= 4 is 0 Å². The van der Waals surface area contributed by atoms with E-state index in [2.05, 4.69) is 4.84 Å². The molecule has 0 spiro atoms. The summed E-state index contributed by atoms with van der Waals surface area (Å²) in [6.07, 6.45) is 0. The molecule has 0 saturated carbocycles. The van der Waals surface area contributed by atoms with Crippen LogP contribution < -0.4 is 5.90 Å². The molecule has 0 unspecified atom stereocenters. The summed E-state index contributed by atoms with van der Waals surface area (Å²) in [5.74, 6) is 4.64. The lowest BCUT2D eigenvalue weighted by molar-refractivity contribution is 0.123. The molecule has 0 atom stereocenters. The van der Waals surface area contributed by atoms with Gasteiger partial charge < -0.3 is 0 Å². The normalized spacial score (nSPS) is 10.1. The second-order valence-corrected chi connectivity index (χ2v) is 2.38. The minimum absolute atomic E-state index is 0.233. The number of rotatable bonds is 2. The Balaban J connectivity index is 2.90. The lowest BCUT2D eigenvalue weighted by atomic mass is 10.1. The molecule has 0 amide bonds. The first kappa shape index (κ1) is 8.17. The summed E-state index contributed by atoms with van der Waals surface area (Å²) in [5, 5.41) is 0. The van der Waals surface area contributed by atoms with Crippen molar-refractivity contribution in [1.29, 1.82) is 0 Å². The Labute approximate surface area is 64.7 Å². The molecule has 0 aromatic heterocycles. The Morgan fingerprint density at radius 2 is 2.27 bits per heavy atom. The molecule has 0 aliphatic heterocycles. The van der Waals surface area contributed by atoms with Crippen molar-refractivity contribution in [2.24, 2.45) is 5.90 Å². The number of hydrogen-bond acceptors (Lipinski definition) is 2. The third kappa shape index (κ3) is 2.00. The topological polar surface area (TPSA) is 35.2 Å². The fourth-order valence-corrected chi connectivity index (χ4v) is 0.911. The van der Waals surface area contributed by atoms with Crippen LogP contribution in [0.4, 0.5) is 4.39 Å². The Morgan fingerprint density at radius 3 is 2.82 bits per heavy atom. The van der Waals surface area contributed by atoms with Crippen molar-refractivity contribution in [3.8, 4) is 0 Å². The molecule has 1 rings (SSSR count). The summed E-state index contributed by atoms with van der Waals surface area (Å²) in [5.41, 5.74) is 1.77. The minimum Gasteiger partial charge on any atom is -0.300 e. The van der Waals surface area contributed by atoms with Gasteiger partial charge in [-0.25, -0.2) is 10.3 Å². The molecule has 0 radical (unpaired) electrons. The molecule has 0 aliphatic carbocycles. The lowest BCUT2D eigenvalue weighted by Gasteiger charge is -2.02. The van der Waals surface area contributed by atoms with Gasteiger partial charge in [0.05, 0.1) is 6.61 Å². The van der Waals surface area contributed by atoms with Crippen LogP contribution in [0.25, 0.3) is 0 Å². The second kappa shape index (κ2) is 3.46. The molecule has 1 aromatic carbocycles. The van der Waals surface area contributed by atoms with E-state index in [9.17, 15) is 4.39 Å². The van der Waals surface area contributed by atoms with E-state index in [1.807, 2.05) is 6.92 Å². The Bertz CT molecular complexity index is 250. The van der Waals surface area contributed by atoms with E-state index in [0.29, 0.717) is 6.61 Å². The third-order valence-corrected chi connectivity index (χ3v) is 1.54. The quantitative estimate of drug-likeness (QED) is 0.657. The van der Waals surface area contributed by atoms with E-state index < -0.39 is 0 Å². The highest BCUT2D eigenvalue weighted by molar-refractivity contribution is 5.25. The zero-order valence-electron chi connectivity index (χ0n) is 6.30. The highest BCUT2D eigenvalue weighted by Gasteiger charge is 1.98. The molecule has 60 valence electrons. The number of halogens is 1.